The average Bonchev–Trinajstić information content (AvgIpc) is 3.73. The zero-order valence-corrected chi connectivity index (χ0v) is 36.2. The summed E-state index contributed by atoms with van der Waals surface area (Å²) >= 11 is 0. The molecule has 15 nitrogen and oxygen atoms in total. The van der Waals surface area contributed by atoms with Gasteiger partial charge in [-0.05, 0) is 80.3 Å². The Morgan fingerprint density at radius 3 is 1.84 bits per heavy atom. The minimum Gasteiger partial charge on any atom is -0.497 e. The highest BCUT2D eigenvalue weighted by atomic mass is 16.6. The maximum atomic E-state index is 13.3. The van der Waals surface area contributed by atoms with Crippen LogP contribution in [0, 0.1) is 0 Å². The molecule has 324 valence electrons. The van der Waals surface area contributed by atoms with Gasteiger partial charge in [-0.25, -0.2) is 19.7 Å². The minimum absolute atomic E-state index is 0.0402. The van der Waals surface area contributed by atoms with E-state index in [0.717, 1.165) is 69.5 Å². The van der Waals surface area contributed by atoms with Crippen molar-refractivity contribution < 1.29 is 28.5 Å². The van der Waals surface area contributed by atoms with Crippen molar-refractivity contribution in [3.63, 3.8) is 0 Å². The van der Waals surface area contributed by atoms with Crippen molar-refractivity contribution in [2.24, 2.45) is 0 Å². The molecule has 0 unspecified atom stereocenters. The number of ether oxygens (including phenoxy) is 4. The standard InChI is InChI=1S/C47H55N9O6/c1-47(2,3)62-46(58)54-22-20-52(21-23-54)41(57)28-33-6-12-37(13-7-33)56-19-18-40-42(50-45(51-43(40)56)53-24-26-61-27-25-53)36-29-48-44(49-30-36)55(31-34-8-14-38(59-4)15-9-34)32-35-10-16-39(60-5)17-11-35/h6-17,29-30H,18-28,31-32H2,1-5H3. The molecule has 0 N–H and O–H groups in total. The summed E-state index contributed by atoms with van der Waals surface area (Å²) in [5, 5.41) is 0. The van der Waals surface area contributed by atoms with Gasteiger partial charge in [0.25, 0.3) is 0 Å². The fourth-order valence-corrected chi connectivity index (χ4v) is 7.89. The molecule has 62 heavy (non-hydrogen) atoms. The van der Waals surface area contributed by atoms with E-state index >= 15 is 0 Å². The lowest BCUT2D eigenvalue weighted by molar-refractivity contribution is -0.132. The highest BCUT2D eigenvalue weighted by Gasteiger charge is 2.31. The van der Waals surface area contributed by atoms with Crippen molar-refractivity contribution in [1.82, 2.24) is 29.7 Å². The normalized spacial score (nSPS) is 15.3. The molecule has 5 aromatic rings. The Kier molecular flexibility index (Phi) is 12.7. The number of piperazine rings is 1. The van der Waals surface area contributed by atoms with Crippen molar-refractivity contribution in [3.8, 4) is 22.8 Å². The molecule has 3 aromatic carbocycles. The molecule has 0 atom stereocenters. The van der Waals surface area contributed by atoms with Crippen molar-refractivity contribution in [1.29, 1.82) is 0 Å². The Morgan fingerprint density at radius 1 is 0.710 bits per heavy atom. The fourth-order valence-electron chi connectivity index (χ4n) is 7.89. The first-order valence-electron chi connectivity index (χ1n) is 21.2. The van der Waals surface area contributed by atoms with E-state index in [1.54, 1.807) is 19.1 Å². The summed E-state index contributed by atoms with van der Waals surface area (Å²) in [7, 11) is 3.33. The summed E-state index contributed by atoms with van der Waals surface area (Å²) < 4.78 is 22.0. The SMILES string of the molecule is COc1ccc(CN(Cc2ccc(OC)cc2)c2ncc(-c3nc(N4CCOCC4)nc4c3CCN4c3ccc(CC(=O)N4CCN(C(=O)OC(C)(C)C)CC4)cc3)cn2)cc1. The Balaban J connectivity index is 1.01. The van der Waals surface area contributed by atoms with Crippen LogP contribution in [-0.2, 0) is 40.2 Å². The van der Waals surface area contributed by atoms with E-state index < -0.39 is 5.60 Å². The number of hydrogen-bond acceptors (Lipinski definition) is 13. The quantitative estimate of drug-likeness (QED) is 0.139. The molecule has 3 aliphatic rings. The largest absolute Gasteiger partial charge is 0.497 e. The fraction of sp³-hybridized carbons (Fsp3) is 0.404. The average molecular weight is 842 g/mol. The molecule has 3 aliphatic heterocycles. The second-order valence-corrected chi connectivity index (χ2v) is 16.7. The van der Waals surface area contributed by atoms with Gasteiger partial charge in [-0.1, -0.05) is 36.4 Å². The zero-order chi connectivity index (χ0) is 43.2. The molecule has 5 heterocycles. The number of aromatic nitrogens is 4. The molecular weight excluding hydrogens is 787 g/mol. The molecule has 0 saturated carbocycles. The molecule has 8 rings (SSSR count). The van der Waals surface area contributed by atoms with Crippen LogP contribution in [0.1, 0.15) is 43.0 Å². The van der Waals surface area contributed by atoms with Crippen molar-refractivity contribution in [2.45, 2.75) is 52.3 Å². The van der Waals surface area contributed by atoms with Crippen molar-refractivity contribution in [2.75, 3.05) is 87.9 Å². The molecule has 15 heteroatoms. The number of rotatable bonds is 12. The highest BCUT2D eigenvalue weighted by molar-refractivity contribution is 5.80. The zero-order valence-electron chi connectivity index (χ0n) is 36.2. The molecule has 2 saturated heterocycles. The Morgan fingerprint density at radius 2 is 1.27 bits per heavy atom. The third-order valence-corrected chi connectivity index (χ3v) is 11.3. The first-order chi connectivity index (χ1) is 30.0. The summed E-state index contributed by atoms with van der Waals surface area (Å²) in [6.45, 7) is 11.9. The van der Waals surface area contributed by atoms with Crippen LogP contribution in [-0.4, -0.2) is 121 Å². The summed E-state index contributed by atoms with van der Waals surface area (Å²) in [5.41, 5.74) is 6.23. The molecule has 0 spiro atoms. The van der Waals surface area contributed by atoms with Gasteiger partial charge in [0.05, 0.1) is 39.5 Å². The number of morpholine rings is 1. The van der Waals surface area contributed by atoms with Gasteiger partial charge in [0, 0.05) is 88.1 Å². The lowest BCUT2D eigenvalue weighted by Gasteiger charge is -2.35. The van der Waals surface area contributed by atoms with Crippen LogP contribution < -0.4 is 24.2 Å². The van der Waals surface area contributed by atoms with E-state index in [9.17, 15) is 9.59 Å². The molecule has 0 aliphatic carbocycles. The van der Waals surface area contributed by atoms with Gasteiger partial charge in [-0.15, -0.1) is 0 Å². The van der Waals surface area contributed by atoms with E-state index in [-0.39, 0.29) is 18.4 Å². The number of nitrogens with zero attached hydrogens (tertiary/aromatic N) is 9. The molecule has 2 fully saturated rings. The van der Waals surface area contributed by atoms with Gasteiger partial charge in [0.1, 0.15) is 22.9 Å². The third kappa shape index (κ3) is 10.00. The van der Waals surface area contributed by atoms with Crippen LogP contribution >= 0.6 is 0 Å². The topological polar surface area (TPSA) is 139 Å². The molecular formula is C47H55N9O6. The van der Waals surface area contributed by atoms with Gasteiger partial charge in [-0.2, -0.15) is 4.98 Å². The molecule has 0 radical (unpaired) electrons. The van der Waals surface area contributed by atoms with Crippen LogP contribution in [0.3, 0.4) is 0 Å². The van der Waals surface area contributed by atoms with Gasteiger partial charge >= 0.3 is 6.09 Å². The van der Waals surface area contributed by atoms with Crippen molar-refractivity contribution >= 4 is 35.4 Å². The van der Waals surface area contributed by atoms with E-state index in [2.05, 4.69) is 51.1 Å². The molecule has 0 bridgehead atoms. The monoisotopic (exact) mass is 841 g/mol. The number of benzene rings is 3. The second-order valence-electron chi connectivity index (χ2n) is 16.7. The maximum absolute atomic E-state index is 13.3. The highest BCUT2D eigenvalue weighted by Crippen LogP contribution is 2.39. The summed E-state index contributed by atoms with van der Waals surface area (Å²) in [6.07, 6.45) is 4.43. The van der Waals surface area contributed by atoms with Gasteiger partial charge in [0.2, 0.25) is 17.8 Å². The lowest BCUT2D eigenvalue weighted by Crippen LogP contribution is -2.51. The predicted octanol–water partition coefficient (Wildman–Crippen LogP) is 6.31. The number of carbonyl (C=O) groups excluding carboxylic acids is 2. The lowest BCUT2D eigenvalue weighted by atomic mass is 10.1. The predicted molar refractivity (Wildman–Crippen MR) is 237 cm³/mol. The van der Waals surface area contributed by atoms with Crippen LogP contribution in [0.5, 0.6) is 11.5 Å². The Bertz CT molecular complexity index is 2260. The van der Waals surface area contributed by atoms with E-state index in [0.29, 0.717) is 77.5 Å². The molecule has 2 amide bonds. The summed E-state index contributed by atoms with van der Waals surface area (Å²) in [5.74, 6) is 3.75. The van der Waals surface area contributed by atoms with E-state index in [1.165, 1.54) is 0 Å². The Labute approximate surface area is 363 Å². The first-order valence-corrected chi connectivity index (χ1v) is 21.2. The van der Waals surface area contributed by atoms with Gasteiger partial charge in [-0.3, -0.25) is 4.79 Å². The van der Waals surface area contributed by atoms with Crippen LogP contribution in [0.2, 0.25) is 0 Å². The van der Waals surface area contributed by atoms with Crippen LogP contribution in [0.15, 0.2) is 85.2 Å². The third-order valence-electron chi connectivity index (χ3n) is 11.3. The number of fused-ring (bicyclic) bond motifs is 1. The van der Waals surface area contributed by atoms with E-state index in [1.807, 2.05) is 74.5 Å². The van der Waals surface area contributed by atoms with Crippen LogP contribution in [0.25, 0.3) is 11.3 Å². The van der Waals surface area contributed by atoms with E-state index in [4.69, 9.17) is 38.9 Å². The number of hydrogen-bond donors (Lipinski definition) is 0. The minimum atomic E-state index is -0.558. The number of amides is 2. The van der Waals surface area contributed by atoms with Crippen molar-refractivity contribution in [3.05, 3.63) is 107 Å². The smallest absolute Gasteiger partial charge is 0.410 e. The first kappa shape index (κ1) is 42.2. The van der Waals surface area contributed by atoms with Gasteiger partial charge in [0.15, 0.2) is 0 Å². The Hall–Kier alpha value is -6.48. The second kappa shape index (κ2) is 18.6. The maximum Gasteiger partial charge on any atom is 0.410 e. The summed E-state index contributed by atoms with van der Waals surface area (Å²) in [4.78, 5) is 56.2. The number of anilines is 4. The molecule has 2 aromatic heterocycles. The number of methoxy groups -OCH3 is 2. The number of carbonyl (C=O) groups is 2. The van der Waals surface area contributed by atoms with Gasteiger partial charge < -0.3 is 43.4 Å². The van der Waals surface area contributed by atoms with Crippen LogP contribution in [0.4, 0.5) is 28.2 Å². The summed E-state index contributed by atoms with van der Waals surface area (Å²) in [6, 6.07) is 24.3.